The van der Waals surface area contributed by atoms with Gasteiger partial charge in [0.1, 0.15) is 0 Å². The first kappa shape index (κ1) is 6.16. The number of rotatable bonds is 2. The van der Waals surface area contributed by atoms with E-state index in [1.54, 1.807) is 0 Å². The summed E-state index contributed by atoms with van der Waals surface area (Å²) in [5.74, 6) is 0. The fourth-order valence-corrected chi connectivity index (χ4v) is 0.173. The van der Waals surface area contributed by atoms with Gasteiger partial charge in [-0.25, -0.2) is 0 Å². The molecule has 34 valence electrons. The molecule has 3 nitrogen and oxygen atoms in total. The zero-order chi connectivity index (χ0) is 4.99. The zero-order valence-corrected chi connectivity index (χ0v) is 4.65. The van der Waals surface area contributed by atoms with Gasteiger partial charge >= 0.3 is 0 Å². The lowest BCUT2D eigenvalue weighted by molar-refractivity contribution is 0.588. The van der Waals surface area contributed by atoms with E-state index in [0.717, 1.165) is 0 Å². The third-order valence-electron chi connectivity index (χ3n) is 0.216. The highest BCUT2D eigenvalue weighted by molar-refractivity contribution is 7.44. The Labute approximate surface area is 38.3 Å². The molecule has 0 fully saturated rings. The van der Waals surface area contributed by atoms with Crippen LogP contribution in [0.5, 0.6) is 0 Å². The molecule has 0 bridgehead atoms. The maximum atomic E-state index is 9.50. The fourth-order valence-electron chi connectivity index (χ4n) is 0.0192. The predicted molar refractivity (Wildman–Crippen MR) is 23.2 cm³/mol. The van der Waals surface area contributed by atoms with E-state index in [1.807, 2.05) is 0 Å². The van der Waals surface area contributed by atoms with Crippen LogP contribution in [0.15, 0.2) is 0 Å². The Hall–Kier alpha value is 0.160. The lowest BCUT2D eigenvalue weighted by atomic mass is 11.5. The Morgan fingerprint density at radius 3 is 1.67 bits per heavy atom. The molecule has 0 saturated heterocycles. The largest absolute Gasteiger partial charge is 0.308 e. The Morgan fingerprint density at radius 1 is 1.33 bits per heavy atom. The molecule has 0 heterocycles. The van der Waals surface area contributed by atoms with Gasteiger partial charge in [-0.1, -0.05) is 0 Å². The second-order valence-electron chi connectivity index (χ2n) is 0.624. The highest BCUT2D eigenvalue weighted by atomic mass is 31.1. The topological polar surface area (TPSA) is 60.2 Å². The zero-order valence-electron chi connectivity index (χ0n) is 2.87. The molecular weight excluding hydrogens is 120 g/mol. The van der Waals surface area contributed by atoms with Crippen molar-refractivity contribution in [3.05, 3.63) is 0 Å². The molecule has 2 N–H and O–H groups in total. The van der Waals surface area contributed by atoms with Crippen molar-refractivity contribution in [2.45, 2.75) is 5.52 Å². The van der Waals surface area contributed by atoms with Crippen molar-refractivity contribution in [1.29, 1.82) is 0 Å². The Bertz CT molecular complexity index is 56.6. The molecule has 6 heavy (non-hydrogen) atoms. The van der Waals surface area contributed by atoms with Crippen molar-refractivity contribution in [3.63, 3.8) is 0 Å². The maximum Gasteiger partial charge on any atom is 0.186 e. The minimum Gasteiger partial charge on any atom is -0.308 e. The van der Waals surface area contributed by atoms with E-state index < -0.39 is 5.52 Å². The molecule has 0 saturated carbocycles. The summed E-state index contributed by atoms with van der Waals surface area (Å²) in [6, 6.07) is 0. The van der Waals surface area contributed by atoms with Gasteiger partial charge in [-0.15, -0.1) is 0 Å². The quantitative estimate of drug-likeness (QED) is 0.552. The van der Waals surface area contributed by atoms with Crippen molar-refractivity contribution in [2.75, 3.05) is 0 Å². The molecule has 0 spiro atoms. The molecule has 5 heteroatoms. The fraction of sp³-hybridized carbons (Fsp3) is 1.00. The van der Waals surface area contributed by atoms with E-state index in [2.05, 4.69) is 0 Å². The molecule has 0 atom stereocenters. The average Bonchev–Trinajstić information content (AvgIpc) is 1.65. The van der Waals surface area contributed by atoms with Gasteiger partial charge in [-0.3, -0.25) is 9.13 Å². The van der Waals surface area contributed by atoms with E-state index in [0.29, 0.717) is 0 Å². The lowest BCUT2D eigenvalue weighted by Crippen LogP contribution is -2.00. The van der Waals surface area contributed by atoms with Gasteiger partial charge in [-0.05, 0) is 0 Å². The van der Waals surface area contributed by atoms with Crippen LogP contribution in [0.3, 0.4) is 0 Å². The van der Waals surface area contributed by atoms with E-state index >= 15 is 0 Å². The summed E-state index contributed by atoms with van der Waals surface area (Å²) in [5, 5.41) is 0. The minimum atomic E-state index is -0.731. The molecule has 0 aliphatic rings. The summed E-state index contributed by atoms with van der Waals surface area (Å²) in [6.07, 6.45) is 0. The first-order chi connectivity index (χ1) is 2.81. The van der Waals surface area contributed by atoms with Gasteiger partial charge in [0.05, 0.1) is 0 Å². The van der Waals surface area contributed by atoms with Crippen LogP contribution in [-0.4, -0.2) is 5.52 Å². The Morgan fingerprint density at radius 2 is 1.67 bits per heavy atom. The second kappa shape index (κ2) is 3.35. The smallest absolute Gasteiger partial charge is 0.186 e. The maximum absolute atomic E-state index is 9.50. The van der Waals surface area contributed by atoms with Gasteiger partial charge in [0, 0.05) is 0 Å². The van der Waals surface area contributed by atoms with Crippen molar-refractivity contribution in [1.82, 2.24) is 0 Å². The summed E-state index contributed by atoms with van der Waals surface area (Å²) in [6.45, 7) is 0. The predicted octanol–water partition coefficient (Wildman–Crippen LogP) is 0.812. The molecule has 0 rings (SSSR count). The number of nitrogens with two attached hydrogens (primary N) is 1. The van der Waals surface area contributed by atoms with Gasteiger partial charge in [-0.2, -0.15) is 0 Å². The van der Waals surface area contributed by atoms with Gasteiger partial charge in [0.25, 0.3) is 0 Å². The van der Waals surface area contributed by atoms with Crippen LogP contribution in [0.4, 0.5) is 0 Å². The molecule has 0 aliphatic heterocycles. The van der Waals surface area contributed by atoms with Crippen molar-refractivity contribution >= 4 is 16.9 Å². The van der Waals surface area contributed by atoms with Crippen molar-refractivity contribution in [3.8, 4) is 0 Å². The SMILES string of the molecule is NC(P=O)P=O. The molecule has 0 amide bonds. The average molecular weight is 123 g/mol. The van der Waals surface area contributed by atoms with Crippen LogP contribution < -0.4 is 5.73 Å². The molecule has 0 unspecified atom stereocenters. The summed E-state index contributed by atoms with van der Waals surface area (Å²) in [7, 11) is -0.538. The van der Waals surface area contributed by atoms with Gasteiger partial charge in [0.15, 0.2) is 22.4 Å². The first-order valence-electron chi connectivity index (χ1n) is 1.21. The summed E-state index contributed by atoms with van der Waals surface area (Å²) >= 11 is 0. The molecule has 0 aromatic heterocycles. The van der Waals surface area contributed by atoms with E-state index in [9.17, 15) is 9.13 Å². The summed E-state index contributed by atoms with van der Waals surface area (Å²) < 4.78 is 19.0. The molecule has 0 aromatic carbocycles. The van der Waals surface area contributed by atoms with Crippen LogP contribution in [0.2, 0.25) is 0 Å². The lowest BCUT2D eigenvalue weighted by Gasteiger charge is -1.76. The third-order valence-corrected chi connectivity index (χ3v) is 1.21. The number of hydrogen-bond donors (Lipinski definition) is 1. The highest BCUT2D eigenvalue weighted by Crippen LogP contribution is 2.10. The minimum absolute atomic E-state index is 0.269. The van der Waals surface area contributed by atoms with E-state index in [-0.39, 0.29) is 16.9 Å². The monoisotopic (exact) mass is 123 g/mol. The van der Waals surface area contributed by atoms with Crippen LogP contribution in [-0.2, 0) is 9.13 Å². The van der Waals surface area contributed by atoms with Crippen LogP contribution in [0.25, 0.3) is 0 Å². The standard InChI is InChI=1S/CH3NO2P2/c2-1(5-3)6-4/h1H,2H2. The van der Waals surface area contributed by atoms with E-state index in [1.165, 1.54) is 0 Å². The number of hydrogen-bond acceptors (Lipinski definition) is 3. The van der Waals surface area contributed by atoms with Crippen molar-refractivity contribution < 1.29 is 9.13 Å². The Balaban J connectivity index is 3.21. The first-order valence-corrected chi connectivity index (χ1v) is 2.98. The molecule has 0 aliphatic carbocycles. The molecular formula is CH3NO2P2. The van der Waals surface area contributed by atoms with Crippen LogP contribution in [0.1, 0.15) is 0 Å². The van der Waals surface area contributed by atoms with Gasteiger partial charge in [0.2, 0.25) is 0 Å². The van der Waals surface area contributed by atoms with Crippen LogP contribution in [0, 0.1) is 0 Å². The normalized spacial score (nSPS) is 15.5. The van der Waals surface area contributed by atoms with Crippen LogP contribution >= 0.6 is 16.9 Å². The molecule has 0 aromatic rings. The third kappa shape index (κ3) is 2.40. The molecule has 0 radical (unpaired) electrons. The summed E-state index contributed by atoms with van der Waals surface area (Å²) in [5.41, 5.74) is 4.09. The van der Waals surface area contributed by atoms with Gasteiger partial charge < -0.3 is 5.73 Å². The van der Waals surface area contributed by atoms with Crippen molar-refractivity contribution in [2.24, 2.45) is 5.73 Å². The summed E-state index contributed by atoms with van der Waals surface area (Å²) in [4.78, 5) is 0. The van der Waals surface area contributed by atoms with E-state index in [4.69, 9.17) is 5.73 Å². The highest BCUT2D eigenvalue weighted by Gasteiger charge is 1.93. The second-order valence-corrected chi connectivity index (χ2v) is 2.57. The Kier molecular flexibility index (Phi) is 3.44.